The molecule has 92 valence electrons. The predicted octanol–water partition coefficient (Wildman–Crippen LogP) is 2.06. The zero-order chi connectivity index (χ0) is 12.4. The number of carbonyl (C=O) groups is 1. The first-order valence-electron chi connectivity index (χ1n) is 6.12. The largest absolute Gasteiger partial charge is 0.326 e. The number of likely N-dealkylation sites (N-methyl/N-ethyl adjacent to an activating group) is 1. The van der Waals surface area contributed by atoms with Gasteiger partial charge in [0.05, 0.1) is 0 Å². The molecule has 1 aliphatic rings. The molecule has 1 aliphatic carbocycles. The third kappa shape index (κ3) is 2.86. The van der Waals surface area contributed by atoms with Gasteiger partial charge in [-0.1, -0.05) is 6.07 Å². The third-order valence-corrected chi connectivity index (χ3v) is 3.46. The van der Waals surface area contributed by atoms with Crippen LogP contribution in [0.1, 0.15) is 24.5 Å². The van der Waals surface area contributed by atoms with Crippen molar-refractivity contribution < 1.29 is 4.79 Å². The topological polar surface area (TPSA) is 32.3 Å². The van der Waals surface area contributed by atoms with Gasteiger partial charge >= 0.3 is 0 Å². The van der Waals surface area contributed by atoms with Crippen LogP contribution in [0.5, 0.6) is 0 Å². The van der Waals surface area contributed by atoms with Crippen molar-refractivity contribution in [1.29, 1.82) is 0 Å². The molecule has 1 amide bonds. The minimum atomic E-state index is -0.00933. The molecule has 0 aliphatic heterocycles. The number of carbonyl (C=O) groups excluding carboxylic acids is 1. The number of anilines is 1. The first kappa shape index (κ1) is 12.1. The molecular weight excluding hydrogens is 212 g/mol. The molecule has 1 aromatic rings. The number of fused-ring (bicyclic) bond motifs is 1. The Bertz CT molecular complexity index is 426. The minimum absolute atomic E-state index is 0.00933. The summed E-state index contributed by atoms with van der Waals surface area (Å²) in [6, 6.07) is 6.88. The van der Waals surface area contributed by atoms with Gasteiger partial charge in [0.25, 0.3) is 0 Å². The van der Waals surface area contributed by atoms with Crippen LogP contribution in [0.4, 0.5) is 5.69 Å². The Morgan fingerprint density at radius 3 is 2.76 bits per heavy atom. The van der Waals surface area contributed by atoms with Gasteiger partial charge in [-0.05, 0) is 56.6 Å². The summed E-state index contributed by atoms with van der Waals surface area (Å²) in [5.74, 6) is -0.00933. The molecule has 0 aromatic heterocycles. The molecule has 17 heavy (non-hydrogen) atoms. The summed E-state index contributed by atoms with van der Waals surface area (Å²) in [6.45, 7) is 1.54. The number of aryl methyl sites for hydroxylation is 1. The van der Waals surface area contributed by atoms with E-state index < -0.39 is 0 Å². The zero-order valence-corrected chi connectivity index (χ0v) is 10.8. The fourth-order valence-electron chi connectivity index (χ4n) is 2.46. The Kier molecular flexibility index (Phi) is 3.48. The maximum Gasteiger partial charge on any atom is 0.221 e. The Balaban J connectivity index is 2.19. The van der Waals surface area contributed by atoms with E-state index >= 15 is 0 Å². The van der Waals surface area contributed by atoms with E-state index in [1.807, 2.05) is 6.07 Å². The molecule has 3 heteroatoms. The van der Waals surface area contributed by atoms with Crippen molar-refractivity contribution in [1.82, 2.24) is 4.90 Å². The van der Waals surface area contributed by atoms with E-state index in [4.69, 9.17) is 0 Å². The first-order chi connectivity index (χ1) is 8.06. The van der Waals surface area contributed by atoms with Gasteiger partial charge in [0, 0.05) is 18.7 Å². The van der Waals surface area contributed by atoms with E-state index in [2.05, 4.69) is 36.4 Å². The van der Waals surface area contributed by atoms with Crippen LogP contribution in [-0.4, -0.2) is 30.9 Å². The molecule has 0 fully saturated rings. The average Bonchev–Trinajstić information content (AvgIpc) is 2.27. The highest BCUT2D eigenvalue weighted by molar-refractivity contribution is 5.88. The predicted molar refractivity (Wildman–Crippen MR) is 70.2 cm³/mol. The third-order valence-electron chi connectivity index (χ3n) is 3.46. The summed E-state index contributed by atoms with van der Waals surface area (Å²) in [4.78, 5) is 13.3. The second kappa shape index (κ2) is 4.88. The number of hydrogen-bond acceptors (Lipinski definition) is 2. The van der Waals surface area contributed by atoms with Crippen LogP contribution >= 0.6 is 0 Å². The van der Waals surface area contributed by atoms with Gasteiger partial charge in [-0.25, -0.2) is 0 Å². The van der Waals surface area contributed by atoms with Gasteiger partial charge in [-0.15, -0.1) is 0 Å². The first-order valence-corrected chi connectivity index (χ1v) is 6.12. The summed E-state index contributed by atoms with van der Waals surface area (Å²) in [6.07, 6.45) is 3.44. The highest BCUT2D eigenvalue weighted by Crippen LogP contribution is 2.26. The highest BCUT2D eigenvalue weighted by Gasteiger charge is 2.20. The van der Waals surface area contributed by atoms with E-state index in [0.717, 1.165) is 18.5 Å². The number of amides is 1. The quantitative estimate of drug-likeness (QED) is 0.846. The van der Waals surface area contributed by atoms with E-state index in [0.29, 0.717) is 6.04 Å². The van der Waals surface area contributed by atoms with E-state index in [1.165, 1.54) is 17.5 Å². The maximum absolute atomic E-state index is 11.0. The summed E-state index contributed by atoms with van der Waals surface area (Å²) >= 11 is 0. The molecule has 1 atom stereocenters. The molecule has 1 unspecified atom stereocenters. The lowest BCUT2D eigenvalue weighted by Gasteiger charge is -2.30. The van der Waals surface area contributed by atoms with Crippen molar-refractivity contribution in [2.24, 2.45) is 0 Å². The van der Waals surface area contributed by atoms with E-state index in [1.54, 1.807) is 6.92 Å². The van der Waals surface area contributed by atoms with Gasteiger partial charge in [-0.2, -0.15) is 0 Å². The van der Waals surface area contributed by atoms with Crippen LogP contribution in [0.3, 0.4) is 0 Å². The standard InChI is InChI=1S/C14H20N2O/c1-10(17)15-13-6-4-11-5-7-14(16(2)3)9-12(11)8-13/h4,6,8,14H,5,7,9H2,1-3H3,(H,15,17). The Morgan fingerprint density at radius 1 is 1.35 bits per heavy atom. The number of rotatable bonds is 2. The summed E-state index contributed by atoms with van der Waals surface area (Å²) in [5, 5.41) is 2.85. The minimum Gasteiger partial charge on any atom is -0.326 e. The van der Waals surface area contributed by atoms with Gasteiger partial charge in [0.15, 0.2) is 0 Å². The van der Waals surface area contributed by atoms with Gasteiger partial charge in [0.1, 0.15) is 0 Å². The number of nitrogens with zero attached hydrogens (tertiary/aromatic N) is 1. The fourth-order valence-corrected chi connectivity index (χ4v) is 2.46. The molecule has 3 nitrogen and oxygen atoms in total. The molecule has 1 aromatic carbocycles. The van der Waals surface area contributed by atoms with Crippen molar-refractivity contribution in [2.75, 3.05) is 19.4 Å². The molecule has 0 heterocycles. The summed E-state index contributed by atoms with van der Waals surface area (Å²) in [5.41, 5.74) is 3.72. The van der Waals surface area contributed by atoms with Gasteiger partial charge < -0.3 is 10.2 Å². The highest BCUT2D eigenvalue weighted by atomic mass is 16.1. The number of hydrogen-bond donors (Lipinski definition) is 1. The van der Waals surface area contributed by atoms with Crippen LogP contribution in [0.15, 0.2) is 18.2 Å². The van der Waals surface area contributed by atoms with Crippen molar-refractivity contribution in [3.63, 3.8) is 0 Å². The monoisotopic (exact) mass is 232 g/mol. The van der Waals surface area contributed by atoms with Crippen LogP contribution in [0, 0.1) is 0 Å². The second-order valence-corrected chi connectivity index (χ2v) is 5.02. The lowest BCUT2D eigenvalue weighted by molar-refractivity contribution is -0.114. The second-order valence-electron chi connectivity index (χ2n) is 5.02. The molecule has 0 spiro atoms. The Labute approximate surface area is 103 Å². The van der Waals surface area contributed by atoms with Gasteiger partial charge in [0.2, 0.25) is 5.91 Å². The SMILES string of the molecule is CC(=O)Nc1ccc2c(c1)CC(N(C)C)CC2. The molecule has 0 radical (unpaired) electrons. The Hall–Kier alpha value is -1.35. The van der Waals surface area contributed by atoms with E-state index in [9.17, 15) is 4.79 Å². The van der Waals surface area contributed by atoms with Crippen LogP contribution in [0.25, 0.3) is 0 Å². The molecule has 0 saturated heterocycles. The average molecular weight is 232 g/mol. The van der Waals surface area contributed by atoms with Crippen LogP contribution < -0.4 is 5.32 Å². The summed E-state index contributed by atoms with van der Waals surface area (Å²) < 4.78 is 0. The van der Waals surface area contributed by atoms with Gasteiger partial charge in [-0.3, -0.25) is 4.79 Å². The molecule has 0 bridgehead atoms. The lowest BCUT2D eigenvalue weighted by atomic mass is 9.87. The van der Waals surface area contributed by atoms with Crippen LogP contribution in [0.2, 0.25) is 0 Å². The molecule has 2 rings (SSSR count). The lowest BCUT2D eigenvalue weighted by Crippen LogP contribution is -2.33. The number of nitrogens with one attached hydrogen (secondary N) is 1. The zero-order valence-electron chi connectivity index (χ0n) is 10.8. The van der Waals surface area contributed by atoms with Crippen molar-refractivity contribution in [2.45, 2.75) is 32.2 Å². The number of benzene rings is 1. The van der Waals surface area contributed by atoms with E-state index in [-0.39, 0.29) is 5.91 Å². The summed E-state index contributed by atoms with van der Waals surface area (Å²) in [7, 11) is 4.26. The molecular formula is C14H20N2O. The van der Waals surface area contributed by atoms with Crippen molar-refractivity contribution in [3.8, 4) is 0 Å². The molecule has 1 N–H and O–H groups in total. The molecule has 0 saturated carbocycles. The normalized spacial score (nSPS) is 18.9. The van der Waals surface area contributed by atoms with Crippen molar-refractivity contribution in [3.05, 3.63) is 29.3 Å². The smallest absolute Gasteiger partial charge is 0.221 e. The Morgan fingerprint density at radius 2 is 2.12 bits per heavy atom. The fraction of sp³-hybridized carbons (Fsp3) is 0.500. The van der Waals surface area contributed by atoms with Crippen molar-refractivity contribution >= 4 is 11.6 Å². The van der Waals surface area contributed by atoms with Crippen LogP contribution in [-0.2, 0) is 17.6 Å². The maximum atomic E-state index is 11.0.